The maximum absolute atomic E-state index is 13.3. The average Bonchev–Trinajstić information content (AvgIpc) is 2.92. The number of H-pyrrole nitrogens is 1. The molecule has 0 aliphatic heterocycles. The summed E-state index contributed by atoms with van der Waals surface area (Å²) in [5, 5.41) is 11.0. The maximum Gasteiger partial charge on any atom is 0.248 e. The predicted molar refractivity (Wildman–Crippen MR) is 155 cm³/mol. The number of aryl methyl sites for hydroxylation is 1. The second-order valence-electron chi connectivity index (χ2n) is 10.3. The van der Waals surface area contributed by atoms with E-state index in [4.69, 9.17) is 4.74 Å². The van der Waals surface area contributed by atoms with Crippen LogP contribution in [0.1, 0.15) is 68.9 Å². The molecule has 212 valence electrons. The summed E-state index contributed by atoms with van der Waals surface area (Å²) in [5.41, 5.74) is 2.26. The number of pyridine rings is 1. The molecule has 2 aromatic carbocycles. The lowest BCUT2D eigenvalue weighted by Gasteiger charge is -2.34. The van der Waals surface area contributed by atoms with Crippen molar-refractivity contribution >= 4 is 29.2 Å². The van der Waals surface area contributed by atoms with Crippen LogP contribution in [0.2, 0.25) is 0 Å². The quantitative estimate of drug-likeness (QED) is 0.241. The normalized spacial score (nSPS) is 13.8. The molecule has 0 saturated heterocycles. The fourth-order valence-electron chi connectivity index (χ4n) is 5.48. The predicted octanol–water partition coefficient (Wildman–Crippen LogP) is 6.32. The van der Waals surface area contributed by atoms with E-state index in [9.17, 15) is 19.1 Å². The van der Waals surface area contributed by atoms with Crippen LogP contribution in [0.3, 0.4) is 0 Å². The zero-order valence-corrected chi connectivity index (χ0v) is 23.3. The molecule has 0 radical (unpaired) electrons. The Morgan fingerprint density at radius 1 is 1.00 bits per heavy atom. The van der Waals surface area contributed by atoms with E-state index in [1.807, 2.05) is 12.1 Å². The van der Waals surface area contributed by atoms with Crippen LogP contribution in [0, 0.1) is 5.82 Å². The number of unbranched alkanes of at least 4 members (excludes halogenated alkanes) is 2. The Bertz CT molecular complexity index is 1260. The monoisotopic (exact) mass is 558 g/mol. The lowest BCUT2D eigenvalue weighted by Crippen LogP contribution is -2.42. The van der Waals surface area contributed by atoms with Gasteiger partial charge in [0.1, 0.15) is 11.6 Å². The topological polar surface area (TPSA) is 82.6 Å². The Kier molecular flexibility index (Phi) is 12.3. The Morgan fingerprint density at radius 3 is 2.62 bits per heavy atom. The fraction of sp³-hybridized carbons (Fsp3) is 0.484. The van der Waals surface area contributed by atoms with Gasteiger partial charge in [-0.25, -0.2) is 4.39 Å². The lowest BCUT2D eigenvalue weighted by atomic mass is 9.93. The molecular formula is C31H40ClFN2O4. The first kappa shape index (κ1) is 30.6. The SMILES string of the molecule is Cl.O=C(CCOCCc1cccc(F)c1)N(CCCCCc1ccc(O)c2[nH]c(=O)ccc12)C1CCCCC1. The number of carbonyl (C=O) groups excluding carboxylic acids is 1. The summed E-state index contributed by atoms with van der Waals surface area (Å²) in [6, 6.07) is 13.7. The van der Waals surface area contributed by atoms with Crippen molar-refractivity contribution in [2.45, 2.75) is 76.7 Å². The van der Waals surface area contributed by atoms with E-state index in [1.165, 1.54) is 37.5 Å². The van der Waals surface area contributed by atoms with Crippen LogP contribution in [0.15, 0.2) is 53.3 Å². The smallest absolute Gasteiger partial charge is 0.248 e. The number of hydrogen-bond donors (Lipinski definition) is 2. The second-order valence-corrected chi connectivity index (χ2v) is 10.3. The number of amides is 1. The molecule has 1 aliphatic carbocycles. The van der Waals surface area contributed by atoms with Gasteiger partial charge in [0.25, 0.3) is 0 Å². The van der Waals surface area contributed by atoms with Crippen molar-refractivity contribution in [3.63, 3.8) is 0 Å². The number of phenolic OH excluding ortho intramolecular Hbond substituents is 1. The number of nitrogens with one attached hydrogen (secondary N) is 1. The molecule has 1 saturated carbocycles. The number of ether oxygens (including phenoxy) is 1. The standard InChI is InChI=1S/C31H39FN2O4.ClH/c32-25-10-7-8-23(22-25)17-20-38-21-18-30(37)34(26-11-4-1-5-12-26)19-6-2-3-9-24-13-15-28(35)31-27(24)14-16-29(36)33-31;/h7-8,10,13-16,22,26,35H,1-6,9,11-12,17-21H2,(H,33,36);1H. The molecule has 1 aromatic heterocycles. The van der Waals surface area contributed by atoms with Gasteiger partial charge in [0.15, 0.2) is 0 Å². The molecule has 1 fully saturated rings. The zero-order chi connectivity index (χ0) is 26.7. The van der Waals surface area contributed by atoms with Crippen LogP contribution in [-0.2, 0) is 22.4 Å². The van der Waals surface area contributed by atoms with E-state index in [0.717, 1.165) is 61.6 Å². The molecule has 1 heterocycles. The number of halogens is 2. The third kappa shape index (κ3) is 9.07. The number of aromatic amines is 1. The van der Waals surface area contributed by atoms with Gasteiger partial charge in [0.2, 0.25) is 11.5 Å². The van der Waals surface area contributed by atoms with Crippen LogP contribution < -0.4 is 5.56 Å². The van der Waals surface area contributed by atoms with Gasteiger partial charge < -0.3 is 19.7 Å². The molecule has 2 N–H and O–H groups in total. The van der Waals surface area contributed by atoms with E-state index in [-0.39, 0.29) is 35.4 Å². The van der Waals surface area contributed by atoms with Crippen LogP contribution in [0.25, 0.3) is 10.9 Å². The Hall–Kier alpha value is -2.90. The number of fused-ring (bicyclic) bond motifs is 1. The molecule has 0 bridgehead atoms. The Balaban J connectivity index is 0.00000420. The molecule has 39 heavy (non-hydrogen) atoms. The molecule has 1 aliphatic rings. The van der Waals surface area contributed by atoms with Gasteiger partial charge in [-0.05, 0) is 73.9 Å². The van der Waals surface area contributed by atoms with Crippen LogP contribution in [0.4, 0.5) is 4.39 Å². The number of benzene rings is 2. The summed E-state index contributed by atoms with van der Waals surface area (Å²) in [4.78, 5) is 29.6. The van der Waals surface area contributed by atoms with Crippen molar-refractivity contribution < 1.29 is 19.0 Å². The number of rotatable bonds is 13. The lowest BCUT2D eigenvalue weighted by molar-refractivity contribution is -0.135. The molecule has 1 amide bonds. The van der Waals surface area contributed by atoms with E-state index in [0.29, 0.717) is 37.6 Å². The number of aromatic nitrogens is 1. The highest BCUT2D eigenvalue weighted by atomic mass is 35.5. The van der Waals surface area contributed by atoms with Gasteiger partial charge in [0.05, 0.1) is 25.2 Å². The maximum atomic E-state index is 13.3. The van der Waals surface area contributed by atoms with Gasteiger partial charge in [-0.3, -0.25) is 9.59 Å². The molecule has 3 aromatic rings. The Morgan fingerprint density at radius 2 is 1.82 bits per heavy atom. The highest BCUT2D eigenvalue weighted by Crippen LogP contribution is 2.27. The van der Waals surface area contributed by atoms with Gasteiger partial charge in [-0.15, -0.1) is 12.4 Å². The van der Waals surface area contributed by atoms with E-state index in [2.05, 4.69) is 9.88 Å². The zero-order valence-electron chi connectivity index (χ0n) is 22.5. The van der Waals surface area contributed by atoms with Gasteiger partial charge in [-0.2, -0.15) is 0 Å². The summed E-state index contributed by atoms with van der Waals surface area (Å²) in [7, 11) is 0. The molecule has 0 unspecified atom stereocenters. The molecule has 0 atom stereocenters. The largest absolute Gasteiger partial charge is 0.506 e. The summed E-state index contributed by atoms with van der Waals surface area (Å²) in [6.07, 6.45) is 10.5. The molecule has 0 spiro atoms. The first-order chi connectivity index (χ1) is 18.5. The van der Waals surface area contributed by atoms with Crippen molar-refractivity contribution in [3.8, 4) is 5.75 Å². The number of hydrogen-bond acceptors (Lipinski definition) is 4. The molecule has 8 heteroatoms. The third-order valence-corrected chi connectivity index (χ3v) is 7.53. The van der Waals surface area contributed by atoms with Crippen molar-refractivity contribution in [2.75, 3.05) is 19.8 Å². The molecular weight excluding hydrogens is 519 g/mol. The van der Waals surface area contributed by atoms with Crippen molar-refractivity contribution in [1.29, 1.82) is 0 Å². The van der Waals surface area contributed by atoms with E-state index >= 15 is 0 Å². The summed E-state index contributed by atoms with van der Waals surface area (Å²) < 4.78 is 19.0. The summed E-state index contributed by atoms with van der Waals surface area (Å²) in [6.45, 7) is 1.61. The molecule has 4 rings (SSSR count). The average molecular weight is 559 g/mol. The van der Waals surface area contributed by atoms with Crippen molar-refractivity contribution in [2.24, 2.45) is 0 Å². The number of phenols is 1. The highest BCUT2D eigenvalue weighted by molar-refractivity contribution is 5.87. The third-order valence-electron chi connectivity index (χ3n) is 7.53. The summed E-state index contributed by atoms with van der Waals surface area (Å²) >= 11 is 0. The minimum atomic E-state index is -0.242. The van der Waals surface area contributed by atoms with Gasteiger partial charge >= 0.3 is 0 Å². The highest BCUT2D eigenvalue weighted by Gasteiger charge is 2.24. The van der Waals surface area contributed by atoms with Gasteiger partial charge in [0, 0.05) is 24.0 Å². The van der Waals surface area contributed by atoms with Crippen molar-refractivity contribution in [1.82, 2.24) is 9.88 Å². The van der Waals surface area contributed by atoms with Gasteiger partial charge in [-0.1, -0.05) is 43.9 Å². The minimum absolute atomic E-state index is 0. The van der Waals surface area contributed by atoms with Crippen LogP contribution in [0.5, 0.6) is 5.75 Å². The number of nitrogens with zero attached hydrogens (tertiary/aromatic N) is 1. The first-order valence-electron chi connectivity index (χ1n) is 14.0. The second kappa shape index (κ2) is 15.6. The summed E-state index contributed by atoms with van der Waals surface area (Å²) in [5.74, 6) is 0.00530. The van der Waals surface area contributed by atoms with E-state index in [1.54, 1.807) is 18.2 Å². The Labute approximate surface area is 236 Å². The van der Waals surface area contributed by atoms with Crippen LogP contribution in [-0.4, -0.2) is 46.7 Å². The minimum Gasteiger partial charge on any atom is -0.506 e. The number of aromatic hydroxyl groups is 1. The molecule has 6 nitrogen and oxygen atoms in total. The number of carbonyl (C=O) groups is 1. The first-order valence-corrected chi connectivity index (χ1v) is 14.0. The fourth-order valence-corrected chi connectivity index (χ4v) is 5.48. The van der Waals surface area contributed by atoms with E-state index < -0.39 is 0 Å². The van der Waals surface area contributed by atoms with Crippen LogP contribution >= 0.6 is 12.4 Å². The van der Waals surface area contributed by atoms with Crippen molar-refractivity contribution in [3.05, 3.63) is 75.8 Å².